The summed E-state index contributed by atoms with van der Waals surface area (Å²) in [6.07, 6.45) is 1.78. The Morgan fingerprint density at radius 2 is 1.82 bits per heavy atom. The second-order valence-corrected chi connectivity index (χ2v) is 9.71. The third-order valence-corrected chi connectivity index (χ3v) is 7.05. The van der Waals surface area contributed by atoms with Crippen LogP contribution >= 0.6 is 11.8 Å². The Kier molecular flexibility index (Phi) is 7.36. The molecule has 3 aromatic rings. The molecule has 8 heteroatoms. The first-order valence-corrected chi connectivity index (χ1v) is 12.7. The van der Waals surface area contributed by atoms with E-state index in [2.05, 4.69) is 21.6 Å². The zero-order valence-electron chi connectivity index (χ0n) is 20.2. The maximum absolute atomic E-state index is 13.3. The molecule has 0 bridgehead atoms. The lowest BCUT2D eigenvalue weighted by molar-refractivity contribution is -0.113. The molecule has 0 spiro atoms. The van der Waals surface area contributed by atoms with Crippen LogP contribution in [0.3, 0.4) is 0 Å². The number of benzene rings is 2. The molecule has 1 N–H and O–H groups in total. The highest BCUT2D eigenvalue weighted by Gasteiger charge is 2.35. The van der Waals surface area contributed by atoms with Crippen molar-refractivity contribution >= 4 is 29.3 Å². The Bertz CT molecular complexity index is 1190. The van der Waals surface area contributed by atoms with Crippen LogP contribution in [0, 0.1) is 20.8 Å². The first-order chi connectivity index (χ1) is 16.4. The van der Waals surface area contributed by atoms with Crippen LogP contribution in [0.4, 0.5) is 5.69 Å². The minimum atomic E-state index is -0.113. The number of anilines is 1. The molecule has 1 aliphatic rings. The number of likely N-dealkylation sites (tertiary alicyclic amines) is 1. The largest absolute Gasteiger partial charge is 0.328 e. The van der Waals surface area contributed by atoms with Crippen molar-refractivity contribution in [2.24, 2.45) is 0 Å². The van der Waals surface area contributed by atoms with E-state index in [-0.39, 0.29) is 23.6 Å². The molecule has 1 atom stereocenters. The van der Waals surface area contributed by atoms with Crippen LogP contribution in [0.25, 0.3) is 0 Å². The molecule has 2 amide bonds. The average Bonchev–Trinajstić information content (AvgIpc) is 3.43. The molecule has 1 saturated heterocycles. The van der Waals surface area contributed by atoms with Crippen LogP contribution in [0.2, 0.25) is 0 Å². The fourth-order valence-corrected chi connectivity index (χ4v) is 5.38. The van der Waals surface area contributed by atoms with E-state index in [9.17, 15) is 9.59 Å². The van der Waals surface area contributed by atoms with Gasteiger partial charge in [-0.1, -0.05) is 36.0 Å². The number of amides is 2. The lowest BCUT2D eigenvalue weighted by atomic mass is 10.1. The smallest absolute Gasteiger partial charge is 0.254 e. The summed E-state index contributed by atoms with van der Waals surface area (Å²) in [5, 5.41) is 12.5. The molecule has 4 rings (SSSR count). The van der Waals surface area contributed by atoms with Crippen molar-refractivity contribution in [1.82, 2.24) is 19.7 Å². The topological polar surface area (TPSA) is 80.1 Å². The predicted octanol–water partition coefficient (Wildman–Crippen LogP) is 4.93. The molecule has 2 aromatic carbocycles. The van der Waals surface area contributed by atoms with Crippen LogP contribution in [0.1, 0.15) is 58.7 Å². The van der Waals surface area contributed by atoms with Crippen molar-refractivity contribution < 1.29 is 9.59 Å². The number of aromatic nitrogens is 3. The Balaban J connectivity index is 1.47. The average molecular weight is 478 g/mol. The molecule has 1 fully saturated rings. The van der Waals surface area contributed by atoms with Gasteiger partial charge < -0.3 is 14.8 Å². The molecule has 0 saturated carbocycles. The second kappa shape index (κ2) is 10.4. The van der Waals surface area contributed by atoms with Gasteiger partial charge in [-0.15, -0.1) is 10.2 Å². The fourth-order valence-electron chi connectivity index (χ4n) is 4.57. The summed E-state index contributed by atoms with van der Waals surface area (Å²) in [5.74, 6) is 0.980. The van der Waals surface area contributed by atoms with Gasteiger partial charge in [-0.05, 0) is 75.4 Å². The minimum absolute atomic E-state index is 0.0354. The van der Waals surface area contributed by atoms with E-state index in [1.807, 2.05) is 73.6 Å². The van der Waals surface area contributed by atoms with Gasteiger partial charge >= 0.3 is 0 Å². The summed E-state index contributed by atoms with van der Waals surface area (Å²) in [5.41, 5.74) is 4.73. The highest BCUT2D eigenvalue weighted by Crippen LogP contribution is 2.34. The number of aryl methyl sites for hydroxylation is 3. The van der Waals surface area contributed by atoms with E-state index in [4.69, 9.17) is 0 Å². The number of nitrogens with zero attached hydrogens (tertiary/aromatic N) is 4. The molecule has 178 valence electrons. The molecule has 0 radical (unpaired) electrons. The van der Waals surface area contributed by atoms with Gasteiger partial charge in [-0.25, -0.2) is 0 Å². The minimum Gasteiger partial charge on any atom is -0.328 e. The Labute approximate surface area is 205 Å². The van der Waals surface area contributed by atoms with Gasteiger partial charge in [0.2, 0.25) is 5.91 Å². The lowest BCUT2D eigenvalue weighted by Gasteiger charge is -2.25. The summed E-state index contributed by atoms with van der Waals surface area (Å²) in [7, 11) is 0. The van der Waals surface area contributed by atoms with Gasteiger partial charge in [0.1, 0.15) is 0 Å². The van der Waals surface area contributed by atoms with E-state index in [0.717, 1.165) is 46.6 Å². The van der Waals surface area contributed by atoms with E-state index < -0.39 is 0 Å². The van der Waals surface area contributed by atoms with Crippen LogP contribution in [-0.2, 0) is 11.3 Å². The predicted molar refractivity (Wildman–Crippen MR) is 135 cm³/mol. The van der Waals surface area contributed by atoms with E-state index >= 15 is 0 Å². The summed E-state index contributed by atoms with van der Waals surface area (Å²) < 4.78 is 2.03. The standard InChI is InChI=1S/C26H31N5O2S/c1-5-30-24(22-11-8-12-31(22)25(33)21-10-7-6-9-19(21)4)28-29-26(30)34-16-23(32)27-20-14-17(2)13-18(3)15-20/h6-7,9-10,13-15,22H,5,8,11-12,16H2,1-4H3,(H,27,32). The van der Waals surface area contributed by atoms with Gasteiger partial charge in [0.15, 0.2) is 11.0 Å². The molecule has 2 heterocycles. The molecule has 34 heavy (non-hydrogen) atoms. The highest BCUT2D eigenvalue weighted by molar-refractivity contribution is 7.99. The van der Waals surface area contributed by atoms with Crippen molar-refractivity contribution in [2.45, 2.75) is 58.3 Å². The monoisotopic (exact) mass is 477 g/mol. The summed E-state index contributed by atoms with van der Waals surface area (Å²) in [6.45, 7) is 9.40. The summed E-state index contributed by atoms with van der Waals surface area (Å²) in [6, 6.07) is 13.6. The highest BCUT2D eigenvalue weighted by atomic mass is 32.2. The molecule has 7 nitrogen and oxygen atoms in total. The zero-order chi connectivity index (χ0) is 24.2. The number of hydrogen-bond acceptors (Lipinski definition) is 5. The quantitative estimate of drug-likeness (QED) is 0.488. The van der Waals surface area contributed by atoms with Crippen molar-refractivity contribution in [3.63, 3.8) is 0 Å². The van der Waals surface area contributed by atoms with E-state index in [1.165, 1.54) is 11.8 Å². The van der Waals surface area contributed by atoms with Gasteiger partial charge in [-0.3, -0.25) is 9.59 Å². The van der Waals surface area contributed by atoms with E-state index in [0.29, 0.717) is 18.2 Å². The van der Waals surface area contributed by atoms with Crippen LogP contribution in [-0.4, -0.2) is 43.8 Å². The molecular formula is C26H31N5O2S. The third kappa shape index (κ3) is 5.17. The summed E-state index contributed by atoms with van der Waals surface area (Å²) in [4.78, 5) is 27.8. The van der Waals surface area contributed by atoms with Gasteiger partial charge in [0.25, 0.3) is 5.91 Å². The molecule has 1 aliphatic heterocycles. The Morgan fingerprint density at radius 3 is 2.53 bits per heavy atom. The van der Waals surface area contributed by atoms with Crippen LogP contribution in [0.15, 0.2) is 47.6 Å². The normalized spacial score (nSPS) is 15.5. The van der Waals surface area contributed by atoms with Crippen molar-refractivity contribution in [3.05, 3.63) is 70.5 Å². The Hall–Kier alpha value is -3.13. The number of hydrogen-bond donors (Lipinski definition) is 1. The van der Waals surface area contributed by atoms with Crippen molar-refractivity contribution in [2.75, 3.05) is 17.6 Å². The maximum Gasteiger partial charge on any atom is 0.254 e. The first kappa shape index (κ1) is 24.0. The van der Waals surface area contributed by atoms with Gasteiger partial charge in [-0.2, -0.15) is 0 Å². The number of carbonyl (C=O) groups excluding carboxylic acids is 2. The maximum atomic E-state index is 13.3. The fraction of sp³-hybridized carbons (Fsp3) is 0.385. The number of rotatable bonds is 7. The van der Waals surface area contributed by atoms with Crippen LogP contribution < -0.4 is 5.32 Å². The van der Waals surface area contributed by atoms with Gasteiger partial charge in [0.05, 0.1) is 11.8 Å². The van der Waals surface area contributed by atoms with Crippen LogP contribution in [0.5, 0.6) is 0 Å². The van der Waals surface area contributed by atoms with Gasteiger partial charge in [0, 0.05) is 24.3 Å². The third-order valence-electron chi connectivity index (χ3n) is 6.09. The summed E-state index contributed by atoms with van der Waals surface area (Å²) >= 11 is 1.37. The zero-order valence-corrected chi connectivity index (χ0v) is 21.0. The van der Waals surface area contributed by atoms with E-state index in [1.54, 1.807) is 0 Å². The second-order valence-electron chi connectivity index (χ2n) is 8.77. The number of carbonyl (C=O) groups is 2. The SMILES string of the molecule is CCn1c(SCC(=O)Nc2cc(C)cc(C)c2)nnc1C1CCCN1C(=O)c1ccccc1C. The molecule has 1 aromatic heterocycles. The van der Waals surface area contributed by atoms with Crippen molar-refractivity contribution in [3.8, 4) is 0 Å². The Morgan fingerprint density at radius 1 is 1.09 bits per heavy atom. The molecule has 0 aliphatic carbocycles. The molecular weight excluding hydrogens is 446 g/mol. The molecule has 1 unspecified atom stereocenters. The van der Waals surface area contributed by atoms with Crippen molar-refractivity contribution in [1.29, 1.82) is 0 Å². The number of thioether (sulfide) groups is 1. The number of nitrogens with one attached hydrogen (secondary N) is 1. The lowest BCUT2D eigenvalue weighted by Crippen LogP contribution is -2.32. The first-order valence-electron chi connectivity index (χ1n) is 11.7.